The second-order valence-corrected chi connectivity index (χ2v) is 5.12. The van der Waals surface area contributed by atoms with Gasteiger partial charge in [-0.15, -0.1) is 0 Å². The van der Waals surface area contributed by atoms with Gasteiger partial charge in [0.25, 0.3) is 0 Å². The summed E-state index contributed by atoms with van der Waals surface area (Å²) in [7, 11) is 0. The summed E-state index contributed by atoms with van der Waals surface area (Å²) >= 11 is 5.96. The molecular formula is C16H13ClN4O. The first kappa shape index (κ1) is 14.4. The smallest absolute Gasteiger partial charge is 0.160 e. The number of aryl methyl sites for hydroxylation is 1. The fourth-order valence-electron chi connectivity index (χ4n) is 2.20. The molecule has 0 atom stereocenters. The minimum atomic E-state index is 0.309. The van der Waals surface area contributed by atoms with Crippen molar-refractivity contribution < 1.29 is 4.74 Å². The molecule has 0 saturated heterocycles. The van der Waals surface area contributed by atoms with Gasteiger partial charge in [0.2, 0.25) is 0 Å². The number of fused-ring (bicyclic) bond motifs is 1. The van der Waals surface area contributed by atoms with E-state index < -0.39 is 0 Å². The van der Waals surface area contributed by atoms with Crippen LogP contribution in [0.4, 0.5) is 0 Å². The van der Waals surface area contributed by atoms with Crippen molar-refractivity contribution in [3.63, 3.8) is 0 Å². The van der Waals surface area contributed by atoms with Crippen LogP contribution in [-0.4, -0.2) is 14.5 Å². The molecule has 22 heavy (non-hydrogen) atoms. The molecule has 0 fully saturated rings. The maximum atomic E-state index is 8.82. The molecule has 0 spiro atoms. The number of rotatable bonds is 5. The summed E-state index contributed by atoms with van der Waals surface area (Å²) in [4.78, 5) is 8.84. The number of halogens is 1. The molecule has 2 heterocycles. The van der Waals surface area contributed by atoms with Crippen LogP contribution in [0.25, 0.3) is 11.2 Å². The molecule has 2 aromatic heterocycles. The van der Waals surface area contributed by atoms with Crippen LogP contribution in [0, 0.1) is 11.3 Å². The van der Waals surface area contributed by atoms with E-state index in [2.05, 4.69) is 16.0 Å². The number of nitriles is 1. The molecule has 6 heteroatoms. The number of hydrogen-bond acceptors (Lipinski definition) is 4. The number of aromatic nitrogens is 3. The monoisotopic (exact) mass is 312 g/mol. The van der Waals surface area contributed by atoms with Crippen LogP contribution in [0.2, 0.25) is 5.02 Å². The van der Waals surface area contributed by atoms with Gasteiger partial charge in [0.05, 0.1) is 17.5 Å². The van der Waals surface area contributed by atoms with Gasteiger partial charge in [0.15, 0.2) is 5.65 Å². The molecule has 0 amide bonds. The number of pyridine rings is 1. The van der Waals surface area contributed by atoms with Gasteiger partial charge in [-0.05, 0) is 18.2 Å². The summed E-state index contributed by atoms with van der Waals surface area (Å²) in [6, 6.07) is 13.4. The molecule has 0 aliphatic heterocycles. The van der Waals surface area contributed by atoms with Crippen LogP contribution in [0.1, 0.15) is 12.2 Å². The highest BCUT2D eigenvalue weighted by Gasteiger charge is 2.12. The Labute approximate surface area is 132 Å². The fourth-order valence-corrected chi connectivity index (χ4v) is 2.36. The predicted molar refractivity (Wildman–Crippen MR) is 83.5 cm³/mol. The maximum Gasteiger partial charge on any atom is 0.160 e. The summed E-state index contributed by atoms with van der Waals surface area (Å²) in [5.74, 6) is 1.50. The highest BCUT2D eigenvalue weighted by Crippen LogP contribution is 2.20. The van der Waals surface area contributed by atoms with E-state index in [1.807, 2.05) is 34.9 Å². The van der Waals surface area contributed by atoms with Gasteiger partial charge >= 0.3 is 0 Å². The third-order valence-electron chi connectivity index (χ3n) is 3.19. The molecule has 0 bridgehead atoms. The summed E-state index contributed by atoms with van der Waals surface area (Å²) in [6.07, 6.45) is 1.96. The number of para-hydroxylation sites is 1. The van der Waals surface area contributed by atoms with Crippen molar-refractivity contribution >= 4 is 22.8 Å². The van der Waals surface area contributed by atoms with E-state index in [9.17, 15) is 0 Å². The Morgan fingerprint density at radius 1 is 1.27 bits per heavy atom. The van der Waals surface area contributed by atoms with Gasteiger partial charge in [-0.25, -0.2) is 9.97 Å². The third-order valence-corrected chi connectivity index (χ3v) is 3.40. The Morgan fingerprint density at radius 2 is 2.09 bits per heavy atom. The maximum absolute atomic E-state index is 8.82. The van der Waals surface area contributed by atoms with Crippen LogP contribution in [0.15, 0.2) is 42.6 Å². The highest BCUT2D eigenvalue weighted by molar-refractivity contribution is 6.31. The quantitative estimate of drug-likeness (QED) is 0.722. The highest BCUT2D eigenvalue weighted by atomic mass is 35.5. The lowest BCUT2D eigenvalue weighted by molar-refractivity contribution is 0.290. The van der Waals surface area contributed by atoms with Crippen LogP contribution in [-0.2, 0) is 13.2 Å². The van der Waals surface area contributed by atoms with Gasteiger partial charge in [0.1, 0.15) is 23.7 Å². The molecule has 5 nitrogen and oxygen atoms in total. The molecule has 0 radical (unpaired) electrons. The molecule has 3 rings (SSSR count). The van der Waals surface area contributed by atoms with Gasteiger partial charge in [0, 0.05) is 12.7 Å². The summed E-state index contributed by atoms with van der Waals surface area (Å²) in [5, 5.41) is 9.36. The first-order valence-corrected chi connectivity index (χ1v) is 7.21. The lowest BCUT2D eigenvalue weighted by Crippen LogP contribution is -2.07. The zero-order valence-electron chi connectivity index (χ0n) is 11.7. The number of benzene rings is 1. The Balaban J connectivity index is 1.91. The lowest BCUT2D eigenvalue weighted by Gasteiger charge is -2.08. The second kappa shape index (κ2) is 6.46. The summed E-state index contributed by atoms with van der Waals surface area (Å²) in [5.41, 5.74) is 1.42. The van der Waals surface area contributed by atoms with Crippen LogP contribution in [0.3, 0.4) is 0 Å². The summed E-state index contributed by atoms with van der Waals surface area (Å²) in [6.45, 7) is 0.832. The molecule has 3 aromatic rings. The van der Waals surface area contributed by atoms with Crippen molar-refractivity contribution in [2.24, 2.45) is 0 Å². The second-order valence-electron chi connectivity index (χ2n) is 4.69. The first-order valence-electron chi connectivity index (χ1n) is 6.83. The Kier molecular flexibility index (Phi) is 4.22. The van der Waals surface area contributed by atoms with E-state index in [-0.39, 0.29) is 0 Å². The zero-order valence-corrected chi connectivity index (χ0v) is 12.5. The molecule has 0 saturated carbocycles. The molecule has 1 aromatic carbocycles. The van der Waals surface area contributed by atoms with Gasteiger partial charge in [-0.2, -0.15) is 5.26 Å². The van der Waals surface area contributed by atoms with Crippen molar-refractivity contribution in [1.29, 1.82) is 5.26 Å². The largest absolute Gasteiger partial charge is 0.486 e. The van der Waals surface area contributed by atoms with Gasteiger partial charge < -0.3 is 9.30 Å². The number of hydrogen-bond donors (Lipinski definition) is 0. The normalized spacial score (nSPS) is 10.5. The van der Waals surface area contributed by atoms with E-state index in [1.165, 1.54) is 0 Å². The number of nitrogens with zero attached hydrogens (tertiary/aromatic N) is 4. The first-order chi connectivity index (χ1) is 10.8. The summed E-state index contributed by atoms with van der Waals surface area (Å²) < 4.78 is 7.65. The van der Waals surface area contributed by atoms with Crippen molar-refractivity contribution in [2.45, 2.75) is 19.6 Å². The van der Waals surface area contributed by atoms with E-state index in [1.54, 1.807) is 12.3 Å². The Bertz CT molecular complexity index is 823. The van der Waals surface area contributed by atoms with E-state index in [4.69, 9.17) is 21.6 Å². The van der Waals surface area contributed by atoms with Crippen LogP contribution < -0.4 is 4.74 Å². The molecule has 110 valence electrons. The average molecular weight is 313 g/mol. The number of imidazole rings is 1. The fraction of sp³-hybridized carbons (Fsp3) is 0.188. The van der Waals surface area contributed by atoms with Crippen molar-refractivity contribution in [2.75, 3.05) is 0 Å². The average Bonchev–Trinajstić information content (AvgIpc) is 2.88. The van der Waals surface area contributed by atoms with Crippen molar-refractivity contribution in [3.05, 3.63) is 53.4 Å². The van der Waals surface area contributed by atoms with E-state index >= 15 is 0 Å². The SMILES string of the molecule is N#CCCn1c(COc2ccccc2)nc2cc(Cl)cnc21. The van der Waals surface area contributed by atoms with Crippen LogP contribution in [0.5, 0.6) is 5.75 Å². The topological polar surface area (TPSA) is 63.7 Å². The molecule has 0 unspecified atom stereocenters. The van der Waals surface area contributed by atoms with Crippen LogP contribution >= 0.6 is 11.6 Å². The van der Waals surface area contributed by atoms with Crippen molar-refractivity contribution in [3.8, 4) is 11.8 Å². The molecule has 0 aliphatic rings. The van der Waals surface area contributed by atoms with Gasteiger partial charge in [-0.3, -0.25) is 0 Å². The Hall–Kier alpha value is -2.58. The minimum Gasteiger partial charge on any atom is -0.486 e. The molecular weight excluding hydrogens is 300 g/mol. The van der Waals surface area contributed by atoms with Gasteiger partial charge in [-0.1, -0.05) is 29.8 Å². The van der Waals surface area contributed by atoms with E-state index in [0.717, 1.165) is 11.6 Å². The zero-order chi connectivity index (χ0) is 15.4. The predicted octanol–water partition coefficient (Wildman–Crippen LogP) is 3.58. The standard InChI is InChI=1S/C16H13ClN4O/c17-12-9-14-16(19-10-12)21(8-4-7-18)15(20-14)11-22-13-5-2-1-3-6-13/h1-3,5-6,9-10H,4,8,11H2. The van der Waals surface area contributed by atoms with E-state index in [0.29, 0.717) is 35.8 Å². The minimum absolute atomic E-state index is 0.309. The Morgan fingerprint density at radius 3 is 2.86 bits per heavy atom. The molecule has 0 N–H and O–H groups in total. The lowest BCUT2D eigenvalue weighted by atomic mass is 10.3. The van der Waals surface area contributed by atoms with Crippen molar-refractivity contribution in [1.82, 2.24) is 14.5 Å². The third kappa shape index (κ3) is 3.02. The molecule has 0 aliphatic carbocycles. The number of ether oxygens (including phenoxy) is 1.